The van der Waals surface area contributed by atoms with Crippen molar-refractivity contribution < 1.29 is 19.4 Å². The summed E-state index contributed by atoms with van der Waals surface area (Å²) in [5, 5.41) is 11.9. The number of aliphatic hydroxyl groups is 1. The second-order valence-corrected chi connectivity index (χ2v) is 4.24. The molecule has 0 radical (unpaired) electrons. The SMILES string of the molecule is COC(=O)C1=CCC(NC(C)=O)[C@@H](CCO)C1. The summed E-state index contributed by atoms with van der Waals surface area (Å²) in [6.07, 6.45) is 3.52. The number of ether oxygens (including phenoxy) is 1. The fraction of sp³-hybridized carbons (Fsp3) is 0.667. The summed E-state index contributed by atoms with van der Waals surface area (Å²) < 4.78 is 4.68. The zero-order chi connectivity index (χ0) is 12.8. The fourth-order valence-corrected chi connectivity index (χ4v) is 2.17. The lowest BCUT2D eigenvalue weighted by Gasteiger charge is -2.30. The van der Waals surface area contributed by atoms with Crippen molar-refractivity contribution in [2.24, 2.45) is 5.92 Å². The summed E-state index contributed by atoms with van der Waals surface area (Å²) in [6, 6.07) is -0.00643. The molecule has 2 N–H and O–H groups in total. The molecule has 0 aromatic heterocycles. The van der Waals surface area contributed by atoms with Gasteiger partial charge in [0.25, 0.3) is 0 Å². The molecule has 1 aliphatic rings. The van der Waals surface area contributed by atoms with Crippen molar-refractivity contribution in [2.45, 2.75) is 32.2 Å². The van der Waals surface area contributed by atoms with E-state index in [0.717, 1.165) is 0 Å². The largest absolute Gasteiger partial charge is 0.466 e. The molecule has 1 unspecified atom stereocenters. The smallest absolute Gasteiger partial charge is 0.333 e. The Morgan fingerprint density at radius 1 is 1.59 bits per heavy atom. The van der Waals surface area contributed by atoms with E-state index < -0.39 is 0 Å². The maximum atomic E-state index is 11.4. The second-order valence-electron chi connectivity index (χ2n) is 4.24. The quantitative estimate of drug-likeness (QED) is 0.698. The first-order valence-electron chi connectivity index (χ1n) is 5.73. The van der Waals surface area contributed by atoms with Crippen LogP contribution >= 0.6 is 0 Å². The van der Waals surface area contributed by atoms with Gasteiger partial charge >= 0.3 is 5.97 Å². The van der Waals surface area contributed by atoms with Gasteiger partial charge in [0.05, 0.1) is 7.11 Å². The highest BCUT2D eigenvalue weighted by molar-refractivity contribution is 5.88. The summed E-state index contributed by atoms with van der Waals surface area (Å²) in [5.41, 5.74) is 0.632. The van der Waals surface area contributed by atoms with E-state index in [1.165, 1.54) is 14.0 Å². The predicted octanol–water partition coefficient (Wildman–Crippen LogP) is 0.383. The van der Waals surface area contributed by atoms with E-state index in [0.29, 0.717) is 24.8 Å². The van der Waals surface area contributed by atoms with Gasteiger partial charge in [0.2, 0.25) is 5.91 Å². The molecule has 0 spiro atoms. The van der Waals surface area contributed by atoms with Gasteiger partial charge in [-0.05, 0) is 25.2 Å². The minimum atomic E-state index is -0.325. The molecule has 1 aliphatic carbocycles. The van der Waals surface area contributed by atoms with Crippen LogP contribution in [-0.4, -0.2) is 36.7 Å². The zero-order valence-electron chi connectivity index (χ0n) is 10.2. The summed E-state index contributed by atoms with van der Waals surface area (Å²) in [6.45, 7) is 1.52. The number of carbonyl (C=O) groups excluding carboxylic acids is 2. The Morgan fingerprint density at radius 2 is 2.29 bits per heavy atom. The Bertz CT molecular complexity index is 324. The molecule has 0 bridgehead atoms. The Kier molecular flexibility index (Phi) is 5.15. The van der Waals surface area contributed by atoms with E-state index in [9.17, 15) is 9.59 Å². The van der Waals surface area contributed by atoms with E-state index in [-0.39, 0.29) is 30.4 Å². The molecular formula is C12H19NO4. The van der Waals surface area contributed by atoms with Crippen molar-refractivity contribution in [3.05, 3.63) is 11.6 Å². The van der Waals surface area contributed by atoms with E-state index >= 15 is 0 Å². The number of hydrogen-bond donors (Lipinski definition) is 2. The Labute approximate surface area is 101 Å². The average molecular weight is 241 g/mol. The summed E-state index contributed by atoms with van der Waals surface area (Å²) in [5.74, 6) is -0.329. The van der Waals surface area contributed by atoms with Crippen LogP contribution in [0.5, 0.6) is 0 Å². The molecule has 5 nitrogen and oxygen atoms in total. The molecule has 0 aliphatic heterocycles. The number of esters is 1. The molecule has 17 heavy (non-hydrogen) atoms. The Hall–Kier alpha value is -1.36. The molecule has 0 aromatic rings. The van der Waals surface area contributed by atoms with Crippen LogP contribution in [0.4, 0.5) is 0 Å². The molecule has 0 fully saturated rings. The van der Waals surface area contributed by atoms with Crippen molar-refractivity contribution in [2.75, 3.05) is 13.7 Å². The first-order valence-corrected chi connectivity index (χ1v) is 5.73. The Balaban J connectivity index is 2.72. The molecular weight excluding hydrogens is 222 g/mol. The lowest BCUT2D eigenvalue weighted by atomic mass is 9.82. The number of aliphatic hydroxyl groups excluding tert-OH is 1. The van der Waals surface area contributed by atoms with E-state index in [2.05, 4.69) is 10.1 Å². The first kappa shape index (κ1) is 13.7. The molecule has 0 aromatic carbocycles. The number of amides is 1. The van der Waals surface area contributed by atoms with Crippen LogP contribution in [0.1, 0.15) is 26.2 Å². The van der Waals surface area contributed by atoms with Crippen LogP contribution in [0.25, 0.3) is 0 Å². The standard InChI is InChI=1S/C12H19NO4/c1-8(15)13-11-4-3-10(12(16)17-2)7-9(11)5-6-14/h3,9,11,14H,4-7H2,1-2H3,(H,13,15)/t9-,11?/m0/s1. The summed E-state index contributed by atoms with van der Waals surface area (Å²) >= 11 is 0. The van der Waals surface area contributed by atoms with Gasteiger partial charge in [0, 0.05) is 25.1 Å². The van der Waals surface area contributed by atoms with Crippen LogP contribution in [0.2, 0.25) is 0 Å². The molecule has 96 valence electrons. The molecule has 1 rings (SSSR count). The van der Waals surface area contributed by atoms with Gasteiger partial charge in [0.15, 0.2) is 0 Å². The van der Waals surface area contributed by atoms with Crippen molar-refractivity contribution in [1.29, 1.82) is 0 Å². The van der Waals surface area contributed by atoms with Gasteiger partial charge in [0.1, 0.15) is 0 Å². The maximum absolute atomic E-state index is 11.4. The lowest BCUT2D eigenvalue weighted by molar-refractivity contribution is -0.136. The van der Waals surface area contributed by atoms with Crippen molar-refractivity contribution in [3.8, 4) is 0 Å². The van der Waals surface area contributed by atoms with Gasteiger partial charge < -0.3 is 15.2 Å². The van der Waals surface area contributed by atoms with Crippen LogP contribution in [0, 0.1) is 5.92 Å². The van der Waals surface area contributed by atoms with Crippen molar-refractivity contribution in [1.82, 2.24) is 5.32 Å². The summed E-state index contributed by atoms with van der Waals surface area (Å²) in [4.78, 5) is 22.5. The third-order valence-corrected chi connectivity index (χ3v) is 3.01. The first-order chi connectivity index (χ1) is 8.08. The van der Waals surface area contributed by atoms with Gasteiger partial charge in [-0.2, -0.15) is 0 Å². The molecule has 2 atom stereocenters. The van der Waals surface area contributed by atoms with Crippen molar-refractivity contribution in [3.63, 3.8) is 0 Å². The predicted molar refractivity (Wildman–Crippen MR) is 62.1 cm³/mol. The average Bonchev–Trinajstić information content (AvgIpc) is 2.30. The second kappa shape index (κ2) is 6.39. The number of carbonyl (C=O) groups is 2. The highest BCUT2D eigenvalue weighted by Crippen LogP contribution is 2.27. The third-order valence-electron chi connectivity index (χ3n) is 3.01. The van der Waals surface area contributed by atoms with Gasteiger partial charge in [-0.25, -0.2) is 4.79 Å². The lowest BCUT2D eigenvalue weighted by Crippen LogP contribution is -2.41. The molecule has 0 saturated carbocycles. The molecule has 5 heteroatoms. The molecule has 0 saturated heterocycles. The van der Waals surface area contributed by atoms with Gasteiger partial charge in [-0.15, -0.1) is 0 Å². The molecule has 0 heterocycles. The van der Waals surface area contributed by atoms with Crippen LogP contribution < -0.4 is 5.32 Å². The maximum Gasteiger partial charge on any atom is 0.333 e. The minimum absolute atomic E-state index is 0.00643. The number of hydrogen-bond acceptors (Lipinski definition) is 4. The van der Waals surface area contributed by atoms with Gasteiger partial charge in [-0.1, -0.05) is 6.08 Å². The number of nitrogens with one attached hydrogen (secondary N) is 1. The monoisotopic (exact) mass is 241 g/mol. The van der Waals surface area contributed by atoms with E-state index in [4.69, 9.17) is 5.11 Å². The zero-order valence-corrected chi connectivity index (χ0v) is 10.2. The van der Waals surface area contributed by atoms with Gasteiger partial charge in [-0.3, -0.25) is 4.79 Å². The third kappa shape index (κ3) is 3.85. The minimum Gasteiger partial charge on any atom is -0.466 e. The highest BCUT2D eigenvalue weighted by Gasteiger charge is 2.28. The Morgan fingerprint density at radius 3 is 2.82 bits per heavy atom. The van der Waals surface area contributed by atoms with E-state index in [1.807, 2.05) is 0 Å². The molecule has 1 amide bonds. The fourth-order valence-electron chi connectivity index (χ4n) is 2.17. The van der Waals surface area contributed by atoms with Crippen LogP contribution in [0.15, 0.2) is 11.6 Å². The van der Waals surface area contributed by atoms with Crippen LogP contribution in [-0.2, 0) is 14.3 Å². The normalized spacial score (nSPS) is 23.8. The summed E-state index contributed by atoms with van der Waals surface area (Å²) in [7, 11) is 1.35. The topological polar surface area (TPSA) is 75.6 Å². The van der Waals surface area contributed by atoms with E-state index in [1.54, 1.807) is 6.08 Å². The number of methoxy groups -OCH3 is 1. The number of rotatable bonds is 4. The van der Waals surface area contributed by atoms with Crippen molar-refractivity contribution >= 4 is 11.9 Å². The highest BCUT2D eigenvalue weighted by atomic mass is 16.5. The van der Waals surface area contributed by atoms with Crippen LogP contribution in [0.3, 0.4) is 0 Å².